The van der Waals surface area contributed by atoms with Crippen LogP contribution in [-0.4, -0.2) is 30.6 Å². The van der Waals surface area contributed by atoms with E-state index in [4.69, 9.17) is 11.8 Å². The Hall–Kier alpha value is -1.01. The molecule has 7 heteroatoms. The highest BCUT2D eigenvalue weighted by molar-refractivity contribution is 6.13. The molecule has 1 aromatic carbocycles. The van der Waals surface area contributed by atoms with Crippen molar-refractivity contribution >= 4 is 17.5 Å². The van der Waals surface area contributed by atoms with Crippen molar-refractivity contribution in [2.24, 2.45) is 0 Å². The van der Waals surface area contributed by atoms with E-state index >= 15 is 0 Å². The van der Waals surface area contributed by atoms with E-state index in [1.54, 1.807) is 9.32 Å². The van der Waals surface area contributed by atoms with Gasteiger partial charge in [-0.15, -0.1) is 0 Å². The van der Waals surface area contributed by atoms with Gasteiger partial charge in [0.25, 0.3) is 0 Å². The van der Waals surface area contributed by atoms with Gasteiger partial charge in [0.15, 0.2) is 0 Å². The van der Waals surface area contributed by atoms with E-state index in [9.17, 15) is 17.6 Å². The Morgan fingerprint density at radius 3 is 2.17 bits per heavy atom. The van der Waals surface area contributed by atoms with Crippen LogP contribution in [0.5, 0.6) is 0 Å². The molecule has 0 aliphatic carbocycles. The van der Waals surface area contributed by atoms with Crippen LogP contribution in [0.4, 0.5) is 23.2 Å². The number of nitrogens with zero attached hydrogens (tertiary/aromatic N) is 2. The van der Waals surface area contributed by atoms with E-state index in [1.165, 1.54) is 0 Å². The second-order valence-electron chi connectivity index (χ2n) is 4.09. The van der Waals surface area contributed by atoms with Crippen LogP contribution in [0.1, 0.15) is 5.56 Å². The molecule has 1 fully saturated rings. The molecule has 0 radical (unpaired) electrons. The average Bonchev–Trinajstić information content (AvgIpc) is 2.28. The second-order valence-corrected chi connectivity index (χ2v) is 4.57. The van der Waals surface area contributed by atoms with Crippen LogP contribution in [0, 0.1) is 5.82 Å². The Kier molecular flexibility index (Phi) is 3.68. The van der Waals surface area contributed by atoms with Gasteiger partial charge in [-0.1, -0.05) is 0 Å². The molecule has 1 aliphatic rings. The first-order valence-corrected chi connectivity index (χ1v) is 5.73. The van der Waals surface area contributed by atoms with Gasteiger partial charge in [0, 0.05) is 31.9 Å². The molecule has 0 unspecified atom stereocenters. The summed E-state index contributed by atoms with van der Waals surface area (Å²) in [6.07, 6.45) is -4.54. The number of hydrogen-bond acceptors (Lipinski definition) is 2. The number of halogens is 5. The van der Waals surface area contributed by atoms with Crippen LogP contribution in [0.3, 0.4) is 0 Å². The van der Waals surface area contributed by atoms with Crippen molar-refractivity contribution in [3.05, 3.63) is 29.6 Å². The van der Waals surface area contributed by atoms with Crippen LogP contribution in [0.25, 0.3) is 0 Å². The van der Waals surface area contributed by atoms with Gasteiger partial charge in [-0.2, -0.15) is 13.2 Å². The molecule has 0 atom stereocenters. The summed E-state index contributed by atoms with van der Waals surface area (Å²) in [7, 11) is 0. The molecular formula is C11H11ClF4N2. The third-order valence-electron chi connectivity index (χ3n) is 2.80. The summed E-state index contributed by atoms with van der Waals surface area (Å²) in [5.41, 5.74) is -0.724. The predicted molar refractivity (Wildman–Crippen MR) is 61.0 cm³/mol. The highest BCUT2D eigenvalue weighted by atomic mass is 35.5. The summed E-state index contributed by atoms with van der Waals surface area (Å²) in [5, 5.41) is 0. The van der Waals surface area contributed by atoms with Crippen molar-refractivity contribution in [3.63, 3.8) is 0 Å². The number of rotatable bonds is 1. The van der Waals surface area contributed by atoms with Gasteiger partial charge in [-0.05, 0) is 30.0 Å². The second kappa shape index (κ2) is 4.93. The standard InChI is InChI=1S/C11H11ClF4N2/c12-18-3-1-17(2-4-18)10-6-8(11(14,15)16)5-9(13)7-10/h5-7H,1-4H2. The monoisotopic (exact) mass is 282 g/mol. The fourth-order valence-electron chi connectivity index (χ4n) is 1.86. The van der Waals surface area contributed by atoms with Crippen molar-refractivity contribution < 1.29 is 17.6 Å². The molecule has 1 saturated heterocycles. The highest BCUT2D eigenvalue weighted by Gasteiger charge is 2.32. The van der Waals surface area contributed by atoms with E-state index in [0.717, 1.165) is 12.1 Å². The first-order valence-electron chi connectivity index (χ1n) is 5.40. The van der Waals surface area contributed by atoms with E-state index in [0.29, 0.717) is 32.2 Å². The minimum absolute atomic E-state index is 0.243. The van der Waals surface area contributed by atoms with Crippen molar-refractivity contribution in [3.8, 4) is 0 Å². The average molecular weight is 283 g/mol. The van der Waals surface area contributed by atoms with Crippen LogP contribution < -0.4 is 4.90 Å². The lowest BCUT2D eigenvalue weighted by Gasteiger charge is -2.32. The molecule has 1 aliphatic heterocycles. The van der Waals surface area contributed by atoms with Crippen LogP contribution in [0.2, 0.25) is 0 Å². The Labute approximate surface area is 107 Å². The lowest BCUT2D eigenvalue weighted by molar-refractivity contribution is -0.137. The molecule has 0 saturated carbocycles. The molecule has 0 N–H and O–H groups in total. The number of alkyl halides is 3. The molecule has 1 heterocycles. The molecule has 0 spiro atoms. The molecular weight excluding hydrogens is 272 g/mol. The summed E-state index contributed by atoms with van der Waals surface area (Å²) >= 11 is 5.76. The van der Waals surface area contributed by atoms with E-state index in [2.05, 4.69) is 0 Å². The van der Waals surface area contributed by atoms with Crippen molar-refractivity contribution in [1.82, 2.24) is 4.42 Å². The van der Waals surface area contributed by atoms with Crippen molar-refractivity contribution in [2.75, 3.05) is 31.1 Å². The van der Waals surface area contributed by atoms with Crippen LogP contribution >= 0.6 is 11.8 Å². The van der Waals surface area contributed by atoms with Crippen molar-refractivity contribution in [2.45, 2.75) is 6.18 Å². The van der Waals surface area contributed by atoms with Gasteiger partial charge in [0.1, 0.15) is 5.82 Å². The molecule has 0 aromatic heterocycles. The predicted octanol–water partition coefficient (Wildman–Crippen LogP) is 3.12. The SMILES string of the molecule is Fc1cc(N2CCN(Cl)CC2)cc(C(F)(F)F)c1. The molecule has 2 nitrogen and oxygen atoms in total. The quantitative estimate of drug-likeness (QED) is 0.577. The van der Waals surface area contributed by atoms with Gasteiger partial charge < -0.3 is 4.90 Å². The number of benzene rings is 1. The largest absolute Gasteiger partial charge is 0.416 e. The molecule has 2 rings (SSSR count). The maximum atomic E-state index is 13.2. The Balaban J connectivity index is 2.25. The lowest BCUT2D eigenvalue weighted by Crippen LogP contribution is -2.42. The molecule has 0 amide bonds. The van der Waals surface area contributed by atoms with Crippen molar-refractivity contribution in [1.29, 1.82) is 0 Å². The van der Waals surface area contributed by atoms with Gasteiger partial charge in [0.2, 0.25) is 0 Å². The summed E-state index contributed by atoms with van der Waals surface area (Å²) < 4.78 is 52.5. The zero-order valence-electron chi connectivity index (χ0n) is 9.34. The fourth-order valence-corrected chi connectivity index (χ4v) is 2.01. The molecule has 100 valence electrons. The van der Waals surface area contributed by atoms with E-state index in [1.807, 2.05) is 0 Å². The highest BCUT2D eigenvalue weighted by Crippen LogP contribution is 2.32. The summed E-state index contributed by atoms with van der Waals surface area (Å²) in [6.45, 7) is 2.01. The summed E-state index contributed by atoms with van der Waals surface area (Å²) in [5.74, 6) is -0.881. The zero-order valence-corrected chi connectivity index (χ0v) is 10.1. The lowest BCUT2D eigenvalue weighted by atomic mass is 10.1. The Morgan fingerprint density at radius 1 is 1.00 bits per heavy atom. The molecule has 1 aromatic rings. The van der Waals surface area contributed by atoms with Gasteiger partial charge >= 0.3 is 6.18 Å². The summed E-state index contributed by atoms with van der Waals surface area (Å²) in [6, 6.07) is 2.58. The number of hydrogen-bond donors (Lipinski definition) is 0. The molecule has 18 heavy (non-hydrogen) atoms. The molecule has 0 bridgehead atoms. The topological polar surface area (TPSA) is 6.48 Å². The summed E-state index contributed by atoms with van der Waals surface area (Å²) in [4.78, 5) is 1.69. The Morgan fingerprint density at radius 2 is 1.61 bits per heavy atom. The van der Waals surface area contributed by atoms with Gasteiger partial charge in [-0.3, -0.25) is 0 Å². The normalized spacial score (nSPS) is 18.2. The van der Waals surface area contributed by atoms with Gasteiger partial charge in [-0.25, -0.2) is 8.81 Å². The maximum absolute atomic E-state index is 13.2. The smallest absolute Gasteiger partial charge is 0.369 e. The van der Waals surface area contributed by atoms with Crippen LogP contribution in [0.15, 0.2) is 18.2 Å². The zero-order chi connectivity index (χ0) is 13.3. The minimum atomic E-state index is -4.54. The number of piperazine rings is 1. The Bertz CT molecular complexity index is 428. The first kappa shape index (κ1) is 13.4. The van der Waals surface area contributed by atoms with Crippen LogP contribution in [-0.2, 0) is 6.18 Å². The van der Waals surface area contributed by atoms with E-state index < -0.39 is 17.6 Å². The van der Waals surface area contributed by atoms with E-state index in [-0.39, 0.29) is 5.69 Å². The fraction of sp³-hybridized carbons (Fsp3) is 0.455. The number of anilines is 1. The third kappa shape index (κ3) is 3.05. The first-order chi connectivity index (χ1) is 8.36. The third-order valence-corrected chi connectivity index (χ3v) is 3.14. The van der Waals surface area contributed by atoms with Gasteiger partial charge in [0.05, 0.1) is 5.56 Å². The maximum Gasteiger partial charge on any atom is 0.416 e. The minimum Gasteiger partial charge on any atom is -0.369 e.